The zero-order valence-corrected chi connectivity index (χ0v) is 14.3. The highest BCUT2D eigenvalue weighted by molar-refractivity contribution is 6.30. The van der Waals surface area contributed by atoms with Gasteiger partial charge in [0.2, 0.25) is 0 Å². The van der Waals surface area contributed by atoms with Crippen molar-refractivity contribution in [3.05, 3.63) is 58.5 Å². The normalized spacial score (nSPS) is 11.2. The van der Waals surface area contributed by atoms with Crippen LogP contribution in [0.5, 0.6) is 11.5 Å². The summed E-state index contributed by atoms with van der Waals surface area (Å²) in [6.07, 6.45) is 3.08. The number of aryl methyl sites for hydroxylation is 1. The molecule has 2 N–H and O–H groups in total. The van der Waals surface area contributed by atoms with Crippen LogP contribution in [0.25, 0.3) is 5.65 Å². The van der Waals surface area contributed by atoms with Gasteiger partial charge in [-0.1, -0.05) is 11.6 Å². The van der Waals surface area contributed by atoms with Gasteiger partial charge in [0, 0.05) is 6.20 Å². The number of rotatable bonds is 4. The van der Waals surface area contributed by atoms with Crippen LogP contribution in [-0.4, -0.2) is 33.7 Å². The summed E-state index contributed by atoms with van der Waals surface area (Å²) in [7, 11) is 1.45. The third-order valence-electron chi connectivity index (χ3n) is 3.56. The molecule has 7 nitrogen and oxygen atoms in total. The van der Waals surface area contributed by atoms with E-state index in [1.807, 2.05) is 0 Å². The third-order valence-corrected chi connectivity index (χ3v) is 3.78. The summed E-state index contributed by atoms with van der Waals surface area (Å²) in [4.78, 5) is 16.7. The van der Waals surface area contributed by atoms with Crippen LogP contribution in [0, 0.1) is 6.92 Å². The number of imidazole rings is 1. The third kappa shape index (κ3) is 3.41. The number of hydrogen-bond donors (Lipinski definition) is 2. The fourth-order valence-corrected chi connectivity index (χ4v) is 2.56. The maximum atomic E-state index is 12.4. The number of aromatic hydroxyl groups is 1. The first kappa shape index (κ1) is 16.8. The van der Waals surface area contributed by atoms with Gasteiger partial charge < -0.3 is 9.84 Å². The number of nitrogens with one attached hydrogen (secondary N) is 1. The summed E-state index contributed by atoms with van der Waals surface area (Å²) >= 11 is 5.99. The largest absolute Gasteiger partial charge is 0.504 e. The van der Waals surface area contributed by atoms with E-state index in [0.29, 0.717) is 33.4 Å². The zero-order valence-electron chi connectivity index (χ0n) is 13.5. The number of halogens is 1. The van der Waals surface area contributed by atoms with Gasteiger partial charge in [0.25, 0.3) is 5.91 Å². The van der Waals surface area contributed by atoms with Crippen molar-refractivity contribution in [1.82, 2.24) is 14.8 Å². The lowest BCUT2D eigenvalue weighted by atomic mass is 10.2. The van der Waals surface area contributed by atoms with Crippen molar-refractivity contribution in [2.24, 2.45) is 5.10 Å². The van der Waals surface area contributed by atoms with Crippen LogP contribution in [0.4, 0.5) is 0 Å². The van der Waals surface area contributed by atoms with Crippen molar-refractivity contribution in [3.8, 4) is 11.5 Å². The van der Waals surface area contributed by atoms with E-state index in [0.717, 1.165) is 0 Å². The molecule has 128 valence electrons. The second kappa shape index (κ2) is 6.82. The molecule has 0 unspecified atom stereocenters. The molecule has 0 saturated heterocycles. The maximum absolute atomic E-state index is 12.4. The molecule has 8 heteroatoms. The van der Waals surface area contributed by atoms with Crippen molar-refractivity contribution in [3.63, 3.8) is 0 Å². The number of pyridine rings is 1. The molecule has 0 aliphatic carbocycles. The van der Waals surface area contributed by atoms with E-state index < -0.39 is 5.91 Å². The Hall–Kier alpha value is -3.06. The Bertz CT molecular complexity index is 981. The molecule has 2 heterocycles. The summed E-state index contributed by atoms with van der Waals surface area (Å²) < 4.78 is 6.64. The minimum absolute atomic E-state index is 0.0296. The van der Waals surface area contributed by atoms with Crippen LogP contribution >= 0.6 is 11.6 Å². The van der Waals surface area contributed by atoms with Crippen molar-refractivity contribution >= 4 is 29.4 Å². The molecule has 3 aromatic rings. The summed E-state index contributed by atoms with van der Waals surface area (Å²) in [6, 6.07) is 8.18. The van der Waals surface area contributed by atoms with Gasteiger partial charge in [0.05, 0.1) is 24.0 Å². The molecule has 0 saturated carbocycles. The number of fused-ring (bicyclic) bond motifs is 1. The van der Waals surface area contributed by atoms with Gasteiger partial charge in [-0.05, 0) is 42.8 Å². The van der Waals surface area contributed by atoms with Gasteiger partial charge >= 0.3 is 0 Å². The lowest BCUT2D eigenvalue weighted by molar-refractivity contribution is 0.0948. The van der Waals surface area contributed by atoms with E-state index in [1.54, 1.807) is 41.8 Å². The minimum atomic E-state index is -0.408. The fraction of sp³-hybridized carbons (Fsp3) is 0.118. The number of phenolic OH excluding ortho intramolecular Hbond substituents is 1. The van der Waals surface area contributed by atoms with E-state index in [1.165, 1.54) is 19.4 Å². The zero-order chi connectivity index (χ0) is 18.0. The first-order chi connectivity index (χ1) is 12.0. The molecule has 0 aliphatic heterocycles. The molecule has 25 heavy (non-hydrogen) atoms. The second-order valence-electron chi connectivity index (χ2n) is 5.25. The van der Waals surface area contributed by atoms with Gasteiger partial charge in [-0.25, -0.2) is 10.4 Å². The molecule has 3 rings (SSSR count). The van der Waals surface area contributed by atoms with Crippen molar-refractivity contribution in [2.45, 2.75) is 6.92 Å². The number of carbonyl (C=O) groups excluding carboxylic acids is 1. The summed E-state index contributed by atoms with van der Waals surface area (Å²) in [5.74, 6) is -0.0567. The Morgan fingerprint density at radius 1 is 1.40 bits per heavy atom. The first-order valence-corrected chi connectivity index (χ1v) is 7.72. The monoisotopic (exact) mass is 358 g/mol. The van der Waals surface area contributed by atoms with Crippen molar-refractivity contribution in [1.29, 1.82) is 0 Å². The van der Waals surface area contributed by atoms with E-state index >= 15 is 0 Å². The molecule has 0 fully saturated rings. The molecule has 1 aromatic carbocycles. The van der Waals surface area contributed by atoms with Gasteiger partial charge in [0.15, 0.2) is 11.5 Å². The molecule has 0 spiro atoms. The predicted molar refractivity (Wildman–Crippen MR) is 94.7 cm³/mol. The Balaban J connectivity index is 1.81. The SMILES string of the molecule is COc1cc(/C=N\NC(=O)c2c(C)nc3ccc(Cl)cn23)ccc1O. The predicted octanol–water partition coefficient (Wildman–Crippen LogP) is 2.77. The number of hydrazone groups is 1. The van der Waals surface area contributed by atoms with Crippen LogP contribution in [0.1, 0.15) is 21.7 Å². The molecular formula is C17H15ClN4O3. The topological polar surface area (TPSA) is 88.2 Å². The molecule has 0 atom stereocenters. The number of ether oxygens (including phenoxy) is 1. The smallest absolute Gasteiger partial charge is 0.290 e. The first-order valence-electron chi connectivity index (χ1n) is 7.34. The molecular weight excluding hydrogens is 344 g/mol. The lowest BCUT2D eigenvalue weighted by Gasteiger charge is -2.04. The van der Waals surface area contributed by atoms with E-state index in [-0.39, 0.29) is 5.75 Å². The van der Waals surface area contributed by atoms with Crippen LogP contribution in [0.3, 0.4) is 0 Å². The highest BCUT2D eigenvalue weighted by Gasteiger charge is 2.16. The number of benzene rings is 1. The Kier molecular flexibility index (Phi) is 4.58. The van der Waals surface area contributed by atoms with Gasteiger partial charge in [0.1, 0.15) is 11.3 Å². The maximum Gasteiger partial charge on any atom is 0.290 e. The number of amides is 1. The number of carbonyl (C=O) groups is 1. The average Bonchev–Trinajstić information content (AvgIpc) is 2.91. The van der Waals surface area contributed by atoms with E-state index in [4.69, 9.17) is 16.3 Å². The minimum Gasteiger partial charge on any atom is -0.504 e. The Morgan fingerprint density at radius 2 is 2.20 bits per heavy atom. The van der Waals surface area contributed by atoms with Gasteiger partial charge in [-0.15, -0.1) is 0 Å². The van der Waals surface area contributed by atoms with Gasteiger partial charge in [-0.3, -0.25) is 9.20 Å². The lowest BCUT2D eigenvalue weighted by Crippen LogP contribution is -2.20. The van der Waals surface area contributed by atoms with Crippen molar-refractivity contribution < 1.29 is 14.6 Å². The standard InChI is InChI=1S/C17H15ClN4O3/c1-10-16(22-9-12(18)4-6-15(22)20-10)17(24)21-19-8-11-3-5-13(23)14(7-11)25-2/h3-9,23H,1-2H3,(H,21,24)/b19-8-. The van der Waals surface area contributed by atoms with Crippen molar-refractivity contribution in [2.75, 3.05) is 7.11 Å². The van der Waals surface area contributed by atoms with E-state index in [2.05, 4.69) is 15.5 Å². The van der Waals surface area contributed by atoms with Crippen LogP contribution in [-0.2, 0) is 0 Å². The summed E-state index contributed by atoms with van der Waals surface area (Å²) in [5, 5.41) is 14.0. The number of nitrogens with zero attached hydrogens (tertiary/aromatic N) is 3. The molecule has 0 aliphatic rings. The van der Waals surface area contributed by atoms with Crippen LogP contribution < -0.4 is 10.2 Å². The number of hydrogen-bond acceptors (Lipinski definition) is 5. The second-order valence-corrected chi connectivity index (χ2v) is 5.69. The van der Waals surface area contributed by atoms with Gasteiger partial charge in [-0.2, -0.15) is 5.10 Å². The number of methoxy groups -OCH3 is 1. The molecule has 0 bridgehead atoms. The molecule has 1 amide bonds. The van der Waals surface area contributed by atoms with E-state index in [9.17, 15) is 9.90 Å². The molecule has 2 aromatic heterocycles. The molecule has 0 radical (unpaired) electrons. The summed E-state index contributed by atoms with van der Waals surface area (Å²) in [5.41, 5.74) is 4.68. The highest BCUT2D eigenvalue weighted by atomic mass is 35.5. The Morgan fingerprint density at radius 3 is 2.96 bits per heavy atom. The van der Waals surface area contributed by atoms with Crippen LogP contribution in [0.15, 0.2) is 41.6 Å². The average molecular weight is 359 g/mol. The fourth-order valence-electron chi connectivity index (χ4n) is 2.40. The quantitative estimate of drug-likeness (QED) is 0.554. The number of phenols is 1. The van der Waals surface area contributed by atoms with Crippen LogP contribution in [0.2, 0.25) is 5.02 Å². The number of aromatic nitrogens is 2. The highest BCUT2D eigenvalue weighted by Crippen LogP contribution is 2.25. The Labute approximate surface area is 148 Å². The summed E-state index contributed by atoms with van der Waals surface area (Å²) in [6.45, 7) is 1.74.